The van der Waals surface area contributed by atoms with Crippen molar-refractivity contribution in [3.63, 3.8) is 0 Å². The molecular weight excluding hydrogens is 568 g/mol. The summed E-state index contributed by atoms with van der Waals surface area (Å²) in [6.07, 6.45) is 3.88. The molecule has 0 saturated carbocycles. The van der Waals surface area contributed by atoms with Crippen LogP contribution in [0.15, 0.2) is 58.5 Å². The van der Waals surface area contributed by atoms with Crippen LogP contribution in [-0.2, 0) is 28.6 Å². The molecule has 12 nitrogen and oxygen atoms in total. The molecule has 0 aromatic rings. The van der Waals surface area contributed by atoms with Gasteiger partial charge in [-0.05, 0) is 52.3 Å². The summed E-state index contributed by atoms with van der Waals surface area (Å²) in [7, 11) is 6.74. The van der Waals surface area contributed by atoms with E-state index in [9.17, 15) is 24.3 Å². The number of nitrogens with one attached hydrogen (secondary N) is 2. The van der Waals surface area contributed by atoms with Crippen LogP contribution in [-0.4, -0.2) is 99.4 Å². The molecule has 1 aliphatic carbocycles. The fourth-order valence-electron chi connectivity index (χ4n) is 5.18. The molecule has 5 N–H and O–H groups in total. The summed E-state index contributed by atoms with van der Waals surface area (Å²) in [5.41, 5.74) is 6.55. The Kier molecular flexibility index (Phi) is 14.2. The second-order valence-electron chi connectivity index (χ2n) is 11.7. The Labute approximate surface area is 260 Å². The number of likely N-dealkylation sites (N-methyl/N-ethyl adjacent to an activating group) is 1. The number of amides is 2. The summed E-state index contributed by atoms with van der Waals surface area (Å²) in [4.78, 5) is 53.7. The lowest BCUT2D eigenvalue weighted by molar-refractivity contribution is -0.120. The smallest absolute Gasteiger partial charge is 0.405 e. The highest BCUT2D eigenvalue weighted by Crippen LogP contribution is 2.28. The van der Waals surface area contributed by atoms with E-state index in [4.69, 9.17) is 19.9 Å². The van der Waals surface area contributed by atoms with Crippen LogP contribution in [0.1, 0.15) is 40.5 Å². The minimum absolute atomic E-state index is 0.114. The van der Waals surface area contributed by atoms with E-state index in [2.05, 4.69) is 10.6 Å². The monoisotopic (exact) mass is 616 g/mol. The molecule has 12 heteroatoms. The maximum Gasteiger partial charge on any atom is 0.405 e. The van der Waals surface area contributed by atoms with Gasteiger partial charge in [-0.3, -0.25) is 14.4 Å². The molecule has 1 aliphatic heterocycles. The SMILES string of the molecule is CO[C@H]1/C=C/C=C(\C)C(=O)NC2=CC(=O)C(NCCN(C)C)=C(C[C@@H](C)C[C@H](OC)[C@H](O)[C@@H](C)/C=C(\C)[C@@H]1OC(N)=O)C2=O. The van der Waals surface area contributed by atoms with E-state index >= 15 is 0 Å². The van der Waals surface area contributed by atoms with E-state index in [-0.39, 0.29) is 34.9 Å². The van der Waals surface area contributed by atoms with E-state index in [0.29, 0.717) is 25.1 Å². The quantitative estimate of drug-likeness (QED) is 0.245. The van der Waals surface area contributed by atoms with Crippen LogP contribution in [0.3, 0.4) is 0 Å². The molecule has 0 unspecified atom stereocenters. The maximum absolute atomic E-state index is 13.7. The number of nitrogens with two attached hydrogens (primary N) is 1. The molecule has 244 valence electrons. The molecular formula is C32H48N4O8. The van der Waals surface area contributed by atoms with Crippen molar-refractivity contribution in [3.05, 3.63) is 58.5 Å². The predicted molar refractivity (Wildman–Crippen MR) is 166 cm³/mol. The van der Waals surface area contributed by atoms with Crippen molar-refractivity contribution in [1.82, 2.24) is 15.5 Å². The van der Waals surface area contributed by atoms with Crippen LogP contribution in [0.25, 0.3) is 0 Å². The Balaban J connectivity index is 2.60. The summed E-state index contributed by atoms with van der Waals surface area (Å²) in [5.74, 6) is -2.06. The molecule has 44 heavy (non-hydrogen) atoms. The first-order chi connectivity index (χ1) is 20.7. The van der Waals surface area contributed by atoms with E-state index in [1.54, 1.807) is 32.1 Å². The number of carbonyl (C=O) groups excluding carboxylic acids is 4. The van der Waals surface area contributed by atoms with Crippen LogP contribution in [0.2, 0.25) is 0 Å². The minimum Gasteiger partial charge on any atom is -0.439 e. The van der Waals surface area contributed by atoms with Crippen molar-refractivity contribution < 1.29 is 38.5 Å². The van der Waals surface area contributed by atoms with E-state index in [1.165, 1.54) is 20.3 Å². The van der Waals surface area contributed by atoms with E-state index < -0.39 is 53.9 Å². The summed E-state index contributed by atoms with van der Waals surface area (Å²) in [6.45, 7) is 8.09. The zero-order chi connectivity index (χ0) is 33.1. The second-order valence-corrected chi connectivity index (χ2v) is 11.7. The minimum atomic E-state index is -0.997. The van der Waals surface area contributed by atoms with Gasteiger partial charge < -0.3 is 40.6 Å². The third-order valence-electron chi connectivity index (χ3n) is 7.65. The van der Waals surface area contributed by atoms with Gasteiger partial charge in [0.05, 0.1) is 23.6 Å². The number of carbonyl (C=O) groups is 4. The highest BCUT2D eigenvalue weighted by molar-refractivity contribution is 6.23. The fraction of sp³-hybridized carbons (Fsp3) is 0.562. The first-order valence-electron chi connectivity index (χ1n) is 14.7. The molecule has 0 aromatic carbocycles. The molecule has 2 rings (SSSR count). The maximum atomic E-state index is 13.7. The van der Waals surface area contributed by atoms with Crippen molar-refractivity contribution in [2.75, 3.05) is 41.4 Å². The topological polar surface area (TPSA) is 170 Å². The first kappa shape index (κ1) is 36.6. The average Bonchev–Trinajstić information content (AvgIpc) is 2.95. The van der Waals surface area contributed by atoms with Crippen molar-refractivity contribution >= 4 is 23.6 Å². The second kappa shape index (κ2) is 17.0. The Morgan fingerprint density at radius 2 is 1.84 bits per heavy atom. The number of aliphatic hydroxyl groups is 1. The molecule has 2 bridgehead atoms. The molecule has 2 amide bonds. The van der Waals surface area contributed by atoms with Crippen molar-refractivity contribution in [1.29, 1.82) is 0 Å². The van der Waals surface area contributed by atoms with Crippen LogP contribution in [0.5, 0.6) is 0 Å². The third-order valence-corrected chi connectivity index (χ3v) is 7.65. The number of fused-ring (bicyclic) bond motifs is 2. The van der Waals surface area contributed by atoms with Gasteiger partial charge in [-0.1, -0.05) is 38.2 Å². The molecule has 0 fully saturated rings. The number of aliphatic hydroxyl groups excluding tert-OH is 1. The lowest BCUT2D eigenvalue weighted by Gasteiger charge is -2.30. The Hall–Kier alpha value is -3.58. The largest absolute Gasteiger partial charge is 0.439 e. The normalized spacial score (nSPS) is 31.0. The highest BCUT2D eigenvalue weighted by Gasteiger charge is 2.33. The lowest BCUT2D eigenvalue weighted by Crippen LogP contribution is -2.38. The average molecular weight is 617 g/mol. The summed E-state index contributed by atoms with van der Waals surface area (Å²) in [5, 5.41) is 17.0. The predicted octanol–water partition coefficient (Wildman–Crippen LogP) is 1.91. The number of ether oxygens (including phenoxy) is 3. The molecule has 2 aliphatic rings. The van der Waals surface area contributed by atoms with Crippen LogP contribution in [0, 0.1) is 11.8 Å². The number of rotatable bonds is 7. The van der Waals surface area contributed by atoms with Gasteiger partial charge in [0.15, 0.2) is 6.10 Å². The third kappa shape index (κ3) is 10.3. The van der Waals surface area contributed by atoms with Crippen molar-refractivity contribution in [3.8, 4) is 0 Å². The molecule has 0 radical (unpaired) electrons. The van der Waals surface area contributed by atoms with E-state index in [0.717, 1.165) is 6.08 Å². The Morgan fingerprint density at radius 1 is 1.16 bits per heavy atom. The van der Waals surface area contributed by atoms with Crippen molar-refractivity contribution in [2.24, 2.45) is 17.6 Å². The molecule has 6 atom stereocenters. The van der Waals surface area contributed by atoms with Crippen LogP contribution < -0.4 is 16.4 Å². The standard InChI is InChI=1S/C32H48N4O8/c1-18-14-22-27(34-12-13-36(5)6)24(37)17-23(29(22)39)35-31(40)19(2)10-9-11-25(42-7)30(44-32(33)41)21(4)16-20(3)28(38)26(15-18)43-8/h9-11,16-18,20,25-26,28,30,34,38H,12-15H2,1-8H3,(H2,33,41)(H,35,40)/b11-9+,19-10+,21-16+/t18-,20+,25+,26+,28-,30+/m1/s1. The number of methoxy groups -OCH3 is 2. The number of hydrogen-bond donors (Lipinski definition) is 4. The number of primary amides is 1. The highest BCUT2D eigenvalue weighted by atomic mass is 16.6. The van der Waals surface area contributed by atoms with Gasteiger partial charge in [0.25, 0.3) is 5.91 Å². The summed E-state index contributed by atoms with van der Waals surface area (Å²) in [6, 6.07) is 0. The number of allylic oxidation sites excluding steroid dienone is 4. The lowest BCUT2D eigenvalue weighted by atomic mass is 9.85. The van der Waals surface area contributed by atoms with E-state index in [1.807, 2.05) is 32.8 Å². The number of ketones is 2. The summed E-state index contributed by atoms with van der Waals surface area (Å²) >= 11 is 0. The Bertz CT molecular complexity index is 1230. The van der Waals surface area contributed by atoms with Gasteiger partial charge in [-0.25, -0.2) is 4.79 Å². The van der Waals surface area contributed by atoms with Gasteiger partial charge in [0, 0.05) is 50.4 Å². The molecule has 0 aromatic heterocycles. The van der Waals surface area contributed by atoms with Gasteiger partial charge in [-0.2, -0.15) is 0 Å². The van der Waals surface area contributed by atoms with Gasteiger partial charge in [0.2, 0.25) is 11.6 Å². The number of Topliss-reactive ketones (excluding diaryl/α,β-unsaturated/α-hetero) is 1. The molecule has 1 heterocycles. The van der Waals surface area contributed by atoms with Crippen molar-refractivity contribution in [2.45, 2.75) is 65.0 Å². The molecule has 0 saturated heterocycles. The van der Waals surface area contributed by atoms with Crippen LogP contribution >= 0.6 is 0 Å². The zero-order valence-electron chi connectivity index (χ0n) is 27.0. The Morgan fingerprint density at radius 3 is 2.43 bits per heavy atom. The number of nitrogens with zero attached hydrogens (tertiary/aromatic N) is 1. The summed E-state index contributed by atoms with van der Waals surface area (Å²) < 4.78 is 16.6. The van der Waals surface area contributed by atoms with Crippen LogP contribution in [0.4, 0.5) is 4.79 Å². The van der Waals surface area contributed by atoms with Gasteiger partial charge >= 0.3 is 6.09 Å². The van der Waals surface area contributed by atoms with Gasteiger partial charge in [-0.15, -0.1) is 0 Å². The van der Waals surface area contributed by atoms with Gasteiger partial charge in [0.1, 0.15) is 6.10 Å². The zero-order valence-corrected chi connectivity index (χ0v) is 27.0. The first-order valence-corrected chi connectivity index (χ1v) is 14.7. The molecule has 0 spiro atoms. The number of hydrogen-bond acceptors (Lipinski definition) is 10. The fourth-order valence-corrected chi connectivity index (χ4v) is 5.18.